The molecule has 4 nitrogen and oxygen atoms in total. The molecule has 104 valence electrons. The molecule has 2 aromatic carbocycles. The summed E-state index contributed by atoms with van der Waals surface area (Å²) in [7, 11) is 3.77. The number of methoxy groups -OCH3 is 1. The summed E-state index contributed by atoms with van der Waals surface area (Å²) in [6, 6.07) is 12.5. The Bertz CT molecular complexity index is 651. The van der Waals surface area contributed by atoms with Crippen molar-refractivity contribution in [1.82, 2.24) is 10.2 Å². The van der Waals surface area contributed by atoms with Crippen LogP contribution in [0.4, 0.5) is 0 Å². The Labute approximate surface area is 119 Å². The van der Waals surface area contributed by atoms with E-state index in [2.05, 4.69) is 52.6 Å². The van der Waals surface area contributed by atoms with E-state index < -0.39 is 0 Å². The average Bonchev–Trinajstić information content (AvgIpc) is 2.90. The van der Waals surface area contributed by atoms with E-state index in [0.717, 1.165) is 24.8 Å². The fraction of sp³-hybridized carbons (Fsp3) is 0.312. The van der Waals surface area contributed by atoms with Gasteiger partial charge in [0.25, 0.3) is 0 Å². The van der Waals surface area contributed by atoms with Crippen molar-refractivity contribution in [2.24, 2.45) is 4.99 Å². The summed E-state index contributed by atoms with van der Waals surface area (Å²) in [4.78, 5) is 6.59. The van der Waals surface area contributed by atoms with E-state index in [0.29, 0.717) is 6.54 Å². The number of likely N-dealkylation sites (N-methyl/N-ethyl adjacent to an activating group) is 1. The largest absolute Gasteiger partial charge is 0.496 e. The number of guanidine groups is 1. The van der Waals surface area contributed by atoms with Gasteiger partial charge in [0, 0.05) is 25.7 Å². The van der Waals surface area contributed by atoms with Crippen LogP contribution in [0.2, 0.25) is 0 Å². The predicted molar refractivity (Wildman–Crippen MR) is 82.3 cm³/mol. The first-order valence-electron chi connectivity index (χ1n) is 6.83. The van der Waals surface area contributed by atoms with Gasteiger partial charge in [-0.3, -0.25) is 4.99 Å². The number of hydrogen-bond donors (Lipinski definition) is 1. The maximum Gasteiger partial charge on any atom is 0.194 e. The molecule has 0 atom stereocenters. The number of nitrogens with zero attached hydrogens (tertiary/aromatic N) is 2. The summed E-state index contributed by atoms with van der Waals surface area (Å²) in [6.45, 7) is 2.56. The maximum absolute atomic E-state index is 5.50. The van der Waals surface area contributed by atoms with Gasteiger partial charge in [-0.15, -0.1) is 0 Å². The first-order chi connectivity index (χ1) is 9.79. The molecular formula is C16H19N3O. The second-order valence-corrected chi connectivity index (χ2v) is 4.95. The molecule has 0 unspecified atom stereocenters. The lowest BCUT2D eigenvalue weighted by atomic mass is 10.0. The molecule has 0 spiro atoms. The monoisotopic (exact) mass is 269 g/mol. The van der Waals surface area contributed by atoms with E-state index in [1.54, 1.807) is 7.11 Å². The third-order valence-corrected chi connectivity index (χ3v) is 3.70. The van der Waals surface area contributed by atoms with Gasteiger partial charge < -0.3 is 15.0 Å². The molecule has 20 heavy (non-hydrogen) atoms. The second-order valence-electron chi connectivity index (χ2n) is 4.95. The van der Waals surface area contributed by atoms with Crippen LogP contribution in [0.5, 0.6) is 5.75 Å². The van der Waals surface area contributed by atoms with Crippen LogP contribution in [0.1, 0.15) is 5.56 Å². The maximum atomic E-state index is 5.50. The molecule has 0 aromatic heterocycles. The molecule has 4 heteroatoms. The zero-order valence-corrected chi connectivity index (χ0v) is 11.9. The third kappa shape index (κ3) is 2.29. The molecule has 0 fully saturated rings. The Hall–Kier alpha value is -2.23. The first kappa shape index (κ1) is 12.8. The van der Waals surface area contributed by atoms with E-state index >= 15 is 0 Å². The van der Waals surface area contributed by atoms with Crippen molar-refractivity contribution in [2.75, 3.05) is 27.2 Å². The normalized spacial score (nSPS) is 14.5. The number of rotatable bonds is 3. The van der Waals surface area contributed by atoms with Crippen LogP contribution in [0.25, 0.3) is 10.8 Å². The summed E-state index contributed by atoms with van der Waals surface area (Å²) in [5, 5.41) is 5.86. The van der Waals surface area contributed by atoms with E-state index in [9.17, 15) is 0 Å². The minimum Gasteiger partial charge on any atom is -0.496 e. The van der Waals surface area contributed by atoms with Gasteiger partial charge >= 0.3 is 0 Å². The lowest BCUT2D eigenvalue weighted by Crippen LogP contribution is -2.35. The lowest BCUT2D eigenvalue weighted by Gasteiger charge is -2.17. The molecule has 0 bridgehead atoms. The SMILES string of the molecule is COc1ccc2ccccc2c1CNC1=NCCN1C. The van der Waals surface area contributed by atoms with Crippen molar-refractivity contribution in [3.63, 3.8) is 0 Å². The van der Waals surface area contributed by atoms with Crippen LogP contribution >= 0.6 is 0 Å². The highest BCUT2D eigenvalue weighted by atomic mass is 16.5. The van der Waals surface area contributed by atoms with Gasteiger partial charge in [0.05, 0.1) is 13.7 Å². The number of benzene rings is 2. The van der Waals surface area contributed by atoms with Crippen molar-refractivity contribution >= 4 is 16.7 Å². The Kier molecular flexibility index (Phi) is 3.46. The molecule has 0 radical (unpaired) electrons. The van der Waals surface area contributed by atoms with Crippen LogP contribution in [-0.4, -0.2) is 38.1 Å². The van der Waals surface area contributed by atoms with Crippen molar-refractivity contribution in [3.05, 3.63) is 42.0 Å². The van der Waals surface area contributed by atoms with Gasteiger partial charge in [-0.2, -0.15) is 0 Å². The molecule has 0 saturated heterocycles. The van der Waals surface area contributed by atoms with Gasteiger partial charge in [0.2, 0.25) is 0 Å². The molecule has 0 saturated carbocycles. The van der Waals surface area contributed by atoms with Crippen molar-refractivity contribution in [3.8, 4) is 5.75 Å². The topological polar surface area (TPSA) is 36.9 Å². The van der Waals surface area contributed by atoms with E-state index in [4.69, 9.17) is 4.74 Å². The molecule has 3 rings (SSSR count). The quantitative estimate of drug-likeness (QED) is 0.928. The number of fused-ring (bicyclic) bond motifs is 1. The number of hydrogen-bond acceptors (Lipinski definition) is 4. The first-order valence-corrected chi connectivity index (χ1v) is 6.83. The zero-order chi connectivity index (χ0) is 13.9. The van der Waals surface area contributed by atoms with Crippen LogP contribution < -0.4 is 10.1 Å². The number of aliphatic imine (C=N–C) groups is 1. The smallest absolute Gasteiger partial charge is 0.194 e. The lowest BCUT2D eigenvalue weighted by molar-refractivity contribution is 0.409. The summed E-state index contributed by atoms with van der Waals surface area (Å²) < 4.78 is 5.50. The van der Waals surface area contributed by atoms with Gasteiger partial charge in [-0.05, 0) is 16.8 Å². The van der Waals surface area contributed by atoms with E-state index in [-0.39, 0.29) is 0 Å². The van der Waals surface area contributed by atoms with E-state index in [1.165, 1.54) is 16.3 Å². The van der Waals surface area contributed by atoms with Crippen LogP contribution in [0, 0.1) is 0 Å². The fourth-order valence-electron chi connectivity index (χ4n) is 2.58. The summed E-state index contributed by atoms with van der Waals surface area (Å²) >= 11 is 0. The Morgan fingerprint density at radius 3 is 2.85 bits per heavy atom. The van der Waals surface area contributed by atoms with Gasteiger partial charge in [0.1, 0.15) is 5.75 Å². The molecule has 1 aliphatic rings. The van der Waals surface area contributed by atoms with Gasteiger partial charge in [-0.1, -0.05) is 30.3 Å². The second kappa shape index (κ2) is 5.41. The third-order valence-electron chi connectivity index (χ3n) is 3.70. The highest BCUT2D eigenvalue weighted by Gasteiger charge is 2.14. The molecule has 1 aliphatic heterocycles. The van der Waals surface area contributed by atoms with Crippen LogP contribution in [0.3, 0.4) is 0 Å². The Morgan fingerprint density at radius 2 is 2.10 bits per heavy atom. The summed E-state index contributed by atoms with van der Waals surface area (Å²) in [5.41, 5.74) is 1.17. The van der Waals surface area contributed by atoms with E-state index in [1.807, 2.05) is 6.07 Å². The highest BCUT2D eigenvalue weighted by molar-refractivity contribution is 5.88. The van der Waals surface area contributed by atoms with Crippen LogP contribution in [-0.2, 0) is 6.54 Å². The van der Waals surface area contributed by atoms with Gasteiger partial charge in [-0.25, -0.2) is 0 Å². The van der Waals surface area contributed by atoms with Gasteiger partial charge in [0.15, 0.2) is 5.96 Å². The molecule has 1 heterocycles. The molecule has 1 N–H and O–H groups in total. The molecule has 0 aliphatic carbocycles. The van der Waals surface area contributed by atoms with Crippen molar-refractivity contribution in [1.29, 1.82) is 0 Å². The molecule has 0 amide bonds. The average molecular weight is 269 g/mol. The molecular weight excluding hydrogens is 250 g/mol. The Balaban J connectivity index is 1.92. The number of nitrogens with one attached hydrogen (secondary N) is 1. The summed E-state index contributed by atoms with van der Waals surface area (Å²) in [6.07, 6.45) is 0. The van der Waals surface area contributed by atoms with Crippen molar-refractivity contribution < 1.29 is 4.74 Å². The fourth-order valence-corrected chi connectivity index (χ4v) is 2.58. The zero-order valence-electron chi connectivity index (χ0n) is 11.9. The summed E-state index contributed by atoms with van der Waals surface area (Å²) in [5.74, 6) is 1.87. The standard InChI is InChI=1S/C16H19N3O/c1-19-10-9-17-16(19)18-11-14-13-6-4-3-5-12(13)7-8-15(14)20-2/h3-8H,9-11H2,1-2H3,(H,17,18). The number of ether oxygens (including phenoxy) is 1. The predicted octanol–water partition coefficient (Wildman–Crippen LogP) is 2.24. The molecule has 2 aromatic rings. The highest BCUT2D eigenvalue weighted by Crippen LogP contribution is 2.27. The van der Waals surface area contributed by atoms with Crippen molar-refractivity contribution in [2.45, 2.75) is 6.54 Å². The Morgan fingerprint density at radius 1 is 1.25 bits per heavy atom. The minimum atomic E-state index is 0.716. The minimum absolute atomic E-state index is 0.716. The van der Waals surface area contributed by atoms with Crippen LogP contribution in [0.15, 0.2) is 41.4 Å².